The fourth-order valence-corrected chi connectivity index (χ4v) is 1.88. The van der Waals surface area contributed by atoms with Crippen LogP contribution in [0.1, 0.15) is 6.42 Å². The van der Waals surface area contributed by atoms with Gasteiger partial charge in [0.25, 0.3) is 0 Å². The Balaban J connectivity index is 2.06. The predicted octanol–water partition coefficient (Wildman–Crippen LogP) is -1.84. The van der Waals surface area contributed by atoms with Crippen molar-refractivity contribution < 1.29 is 15.3 Å². The fraction of sp³-hybridized carbons (Fsp3) is 1.00. The van der Waals surface area contributed by atoms with Crippen LogP contribution in [0, 0.1) is 0 Å². The van der Waals surface area contributed by atoms with Gasteiger partial charge < -0.3 is 15.3 Å². The minimum absolute atomic E-state index is 0.0911. The van der Waals surface area contributed by atoms with E-state index in [2.05, 4.69) is 0 Å². The Morgan fingerprint density at radius 1 is 1.09 bits per heavy atom. The molecule has 4 atom stereocenters. The van der Waals surface area contributed by atoms with Gasteiger partial charge in [-0.15, -0.1) is 0 Å². The van der Waals surface area contributed by atoms with E-state index >= 15 is 0 Å². The molecule has 0 spiro atoms. The molecule has 2 saturated heterocycles. The summed E-state index contributed by atoms with van der Waals surface area (Å²) in [6, 6.07) is 0.0911. The van der Waals surface area contributed by atoms with Crippen LogP contribution in [0.15, 0.2) is 0 Å². The second-order valence-electron chi connectivity index (χ2n) is 3.40. The van der Waals surface area contributed by atoms with E-state index in [1.807, 2.05) is 4.90 Å². The van der Waals surface area contributed by atoms with Gasteiger partial charge >= 0.3 is 0 Å². The molecule has 2 rings (SSSR count). The van der Waals surface area contributed by atoms with E-state index in [4.69, 9.17) is 0 Å². The quantitative estimate of drug-likeness (QED) is 0.388. The Morgan fingerprint density at radius 2 is 1.82 bits per heavy atom. The first-order valence-corrected chi connectivity index (χ1v) is 3.98. The van der Waals surface area contributed by atoms with Crippen LogP contribution in [-0.4, -0.2) is 57.7 Å². The lowest BCUT2D eigenvalue weighted by Gasteiger charge is -2.50. The van der Waals surface area contributed by atoms with Crippen molar-refractivity contribution >= 4 is 0 Å². The molecule has 4 nitrogen and oxygen atoms in total. The molecule has 11 heavy (non-hydrogen) atoms. The summed E-state index contributed by atoms with van der Waals surface area (Å²) in [6.45, 7) is 1.44. The summed E-state index contributed by atoms with van der Waals surface area (Å²) >= 11 is 0. The molecule has 0 amide bonds. The lowest BCUT2D eigenvalue weighted by molar-refractivity contribution is -0.164. The van der Waals surface area contributed by atoms with Crippen molar-refractivity contribution in [2.45, 2.75) is 30.8 Å². The number of aliphatic hydroxyl groups is 3. The van der Waals surface area contributed by atoms with Crippen molar-refractivity contribution in [3.8, 4) is 0 Å². The molecular weight excluding hydrogens is 146 g/mol. The van der Waals surface area contributed by atoms with Crippen molar-refractivity contribution in [3.05, 3.63) is 0 Å². The standard InChI is InChI=1S/C7H13NO3/c9-5-3-8-2-1-4(8)6(10)7(5)11/h4-7,9-11H,1-3H2/t4-,5+,6-,7-/m1/s1. The van der Waals surface area contributed by atoms with Crippen molar-refractivity contribution in [1.82, 2.24) is 4.90 Å². The van der Waals surface area contributed by atoms with Crippen molar-refractivity contribution in [3.63, 3.8) is 0 Å². The summed E-state index contributed by atoms with van der Waals surface area (Å²) in [7, 11) is 0. The molecule has 2 aliphatic rings. The molecule has 0 aromatic rings. The first-order chi connectivity index (χ1) is 5.20. The van der Waals surface area contributed by atoms with Gasteiger partial charge in [0.1, 0.15) is 6.10 Å². The average molecular weight is 159 g/mol. The molecule has 4 heteroatoms. The number of piperidine rings is 1. The monoisotopic (exact) mass is 159 g/mol. The van der Waals surface area contributed by atoms with E-state index in [9.17, 15) is 15.3 Å². The first-order valence-electron chi connectivity index (χ1n) is 3.98. The molecule has 0 saturated carbocycles. The highest BCUT2D eigenvalue weighted by Crippen LogP contribution is 2.28. The van der Waals surface area contributed by atoms with Gasteiger partial charge in [0.05, 0.1) is 12.2 Å². The summed E-state index contributed by atoms with van der Waals surface area (Å²) in [5.74, 6) is 0. The molecular formula is C7H13NO3. The first kappa shape index (κ1) is 7.49. The van der Waals surface area contributed by atoms with Crippen LogP contribution in [0.25, 0.3) is 0 Å². The smallest absolute Gasteiger partial charge is 0.108 e. The topological polar surface area (TPSA) is 63.9 Å². The van der Waals surface area contributed by atoms with Gasteiger partial charge in [0, 0.05) is 19.1 Å². The largest absolute Gasteiger partial charge is 0.389 e. The Hall–Kier alpha value is -0.160. The van der Waals surface area contributed by atoms with Gasteiger partial charge in [-0.05, 0) is 6.42 Å². The van der Waals surface area contributed by atoms with Crippen molar-refractivity contribution in [1.29, 1.82) is 0 Å². The van der Waals surface area contributed by atoms with E-state index in [1.54, 1.807) is 0 Å². The molecule has 0 radical (unpaired) electrons. The van der Waals surface area contributed by atoms with E-state index < -0.39 is 18.3 Å². The molecule has 64 valence electrons. The number of hydrogen-bond acceptors (Lipinski definition) is 4. The van der Waals surface area contributed by atoms with E-state index in [0.717, 1.165) is 13.0 Å². The number of fused-ring (bicyclic) bond motifs is 1. The molecule has 0 aliphatic carbocycles. The molecule has 2 fully saturated rings. The van der Waals surface area contributed by atoms with Crippen LogP contribution in [0.4, 0.5) is 0 Å². The molecule has 0 aromatic carbocycles. The van der Waals surface area contributed by atoms with E-state index in [0.29, 0.717) is 6.54 Å². The maximum Gasteiger partial charge on any atom is 0.108 e. The minimum Gasteiger partial charge on any atom is -0.389 e. The van der Waals surface area contributed by atoms with Crippen LogP contribution >= 0.6 is 0 Å². The van der Waals surface area contributed by atoms with Crippen LogP contribution in [0.2, 0.25) is 0 Å². The number of hydrogen-bond donors (Lipinski definition) is 3. The zero-order chi connectivity index (χ0) is 8.01. The van der Waals surface area contributed by atoms with Gasteiger partial charge in [-0.25, -0.2) is 0 Å². The number of aliphatic hydroxyl groups excluding tert-OH is 3. The third-order valence-electron chi connectivity index (χ3n) is 2.74. The van der Waals surface area contributed by atoms with Gasteiger partial charge in [-0.1, -0.05) is 0 Å². The van der Waals surface area contributed by atoms with Gasteiger partial charge in [0.15, 0.2) is 0 Å². The van der Waals surface area contributed by atoms with E-state index in [-0.39, 0.29) is 6.04 Å². The third-order valence-corrected chi connectivity index (χ3v) is 2.74. The average Bonchev–Trinajstić information content (AvgIpc) is 1.93. The van der Waals surface area contributed by atoms with Gasteiger partial charge in [0.2, 0.25) is 0 Å². The molecule has 0 aromatic heterocycles. The Bertz CT molecular complexity index is 158. The second-order valence-corrected chi connectivity index (χ2v) is 3.40. The summed E-state index contributed by atoms with van der Waals surface area (Å²) < 4.78 is 0. The molecule has 2 aliphatic heterocycles. The van der Waals surface area contributed by atoms with E-state index in [1.165, 1.54) is 0 Å². The zero-order valence-electron chi connectivity index (χ0n) is 6.22. The Kier molecular flexibility index (Phi) is 1.64. The normalized spacial score (nSPS) is 51.5. The fourth-order valence-electron chi connectivity index (χ4n) is 1.88. The number of nitrogens with zero attached hydrogens (tertiary/aromatic N) is 1. The highest BCUT2D eigenvalue weighted by atomic mass is 16.4. The van der Waals surface area contributed by atoms with Crippen LogP contribution in [-0.2, 0) is 0 Å². The van der Waals surface area contributed by atoms with Crippen LogP contribution < -0.4 is 0 Å². The third kappa shape index (κ3) is 0.980. The highest BCUT2D eigenvalue weighted by Gasteiger charge is 2.45. The van der Waals surface area contributed by atoms with Crippen molar-refractivity contribution in [2.75, 3.05) is 13.1 Å². The predicted molar refractivity (Wildman–Crippen MR) is 38.0 cm³/mol. The Morgan fingerprint density at radius 3 is 2.36 bits per heavy atom. The minimum atomic E-state index is -0.948. The lowest BCUT2D eigenvalue weighted by Crippen LogP contribution is -2.66. The van der Waals surface area contributed by atoms with Crippen LogP contribution in [0.3, 0.4) is 0 Å². The summed E-state index contributed by atoms with van der Waals surface area (Å²) in [5.41, 5.74) is 0. The highest BCUT2D eigenvalue weighted by molar-refractivity contribution is 4.99. The van der Waals surface area contributed by atoms with Crippen LogP contribution in [0.5, 0.6) is 0 Å². The molecule has 2 heterocycles. The summed E-state index contributed by atoms with van der Waals surface area (Å²) in [5, 5.41) is 27.8. The lowest BCUT2D eigenvalue weighted by atomic mass is 9.86. The van der Waals surface area contributed by atoms with Crippen molar-refractivity contribution in [2.24, 2.45) is 0 Å². The molecule has 0 bridgehead atoms. The Labute approximate surface area is 65.1 Å². The SMILES string of the molecule is O[C@H]1[C@H](O)[C@@H](O)CN2CC[C@H]12. The second kappa shape index (κ2) is 2.42. The molecule has 3 N–H and O–H groups in total. The zero-order valence-corrected chi connectivity index (χ0v) is 6.22. The summed E-state index contributed by atoms with van der Waals surface area (Å²) in [6.07, 6.45) is -1.55. The molecule has 0 unspecified atom stereocenters. The van der Waals surface area contributed by atoms with Gasteiger partial charge in [-0.2, -0.15) is 0 Å². The maximum atomic E-state index is 9.39. The summed E-state index contributed by atoms with van der Waals surface area (Å²) in [4.78, 5) is 2.00. The maximum absolute atomic E-state index is 9.39. The number of rotatable bonds is 0. The van der Waals surface area contributed by atoms with Gasteiger partial charge in [-0.3, -0.25) is 4.90 Å².